The highest BCUT2D eigenvalue weighted by molar-refractivity contribution is 6.34. The molecule has 1 N–H and O–H groups in total. The number of nitrogens with zero attached hydrogens (tertiary/aromatic N) is 5. The molecule has 2 radical (unpaired) electrons. The minimum atomic E-state index is 0.580. The fourth-order valence-electron chi connectivity index (χ4n) is 4.00. The molecule has 0 bridgehead atoms. The lowest BCUT2D eigenvalue weighted by atomic mass is 9.92. The summed E-state index contributed by atoms with van der Waals surface area (Å²) in [5, 5.41) is 3.41. The van der Waals surface area contributed by atoms with E-state index in [1.165, 1.54) is 11.1 Å². The average molecular weight is 372 g/mol. The number of ether oxygens (including phenoxy) is 1. The van der Waals surface area contributed by atoms with Crippen LogP contribution >= 0.6 is 0 Å². The quantitative estimate of drug-likeness (QED) is 0.545. The second-order valence-corrected chi connectivity index (χ2v) is 7.20. The fourth-order valence-corrected chi connectivity index (χ4v) is 4.00. The molecular weight excluding hydrogens is 351 g/mol. The van der Waals surface area contributed by atoms with E-state index >= 15 is 0 Å². The Morgan fingerprint density at radius 3 is 2.64 bits per heavy atom. The van der Waals surface area contributed by atoms with E-state index < -0.39 is 0 Å². The maximum absolute atomic E-state index is 6.15. The Balaban J connectivity index is 1.63. The van der Waals surface area contributed by atoms with Crippen LogP contribution in [0.15, 0.2) is 35.7 Å². The lowest BCUT2D eigenvalue weighted by Gasteiger charge is -2.19. The number of anilines is 1. The summed E-state index contributed by atoms with van der Waals surface area (Å²) in [5.41, 5.74) is 6.85. The minimum absolute atomic E-state index is 0.580. The molecule has 7 nitrogen and oxygen atoms in total. The standard InChI is InChI=1S/C20H21BN6O/c1-3-26-11-23-18-17(12-4-5-16(28-2)15(21)6-12)24-20(25-19(18)26)27-9-13-7-22-8-14(13)10-27/h4-6,11,22H,3,7-10H2,1-2H3. The van der Waals surface area contributed by atoms with E-state index in [1.807, 2.05) is 24.5 Å². The molecule has 0 saturated heterocycles. The van der Waals surface area contributed by atoms with Crippen LogP contribution in [0, 0.1) is 0 Å². The largest absolute Gasteiger partial charge is 0.497 e. The average Bonchev–Trinajstić information content (AvgIpc) is 3.41. The Kier molecular flexibility index (Phi) is 4.09. The molecule has 2 aliphatic rings. The van der Waals surface area contributed by atoms with Gasteiger partial charge in [0.1, 0.15) is 24.8 Å². The third-order valence-corrected chi connectivity index (χ3v) is 5.52. The van der Waals surface area contributed by atoms with Gasteiger partial charge in [-0.2, -0.15) is 4.98 Å². The third-order valence-electron chi connectivity index (χ3n) is 5.52. The Morgan fingerprint density at radius 2 is 1.96 bits per heavy atom. The van der Waals surface area contributed by atoms with Crippen LogP contribution in [0.2, 0.25) is 0 Å². The minimum Gasteiger partial charge on any atom is -0.497 e. The van der Waals surface area contributed by atoms with Crippen molar-refractivity contribution in [1.29, 1.82) is 0 Å². The van der Waals surface area contributed by atoms with Gasteiger partial charge in [0, 0.05) is 38.3 Å². The number of aromatic nitrogens is 4. The number of imidazole rings is 1. The normalized spacial score (nSPS) is 16.3. The Labute approximate surface area is 164 Å². The molecule has 0 saturated carbocycles. The van der Waals surface area contributed by atoms with E-state index in [4.69, 9.17) is 22.6 Å². The summed E-state index contributed by atoms with van der Waals surface area (Å²) in [6.07, 6.45) is 1.83. The Hall–Kier alpha value is -2.87. The number of methoxy groups -OCH3 is 1. The van der Waals surface area contributed by atoms with Crippen LogP contribution in [0.5, 0.6) is 5.75 Å². The monoisotopic (exact) mass is 372 g/mol. The molecule has 4 heterocycles. The molecule has 3 aromatic rings. The van der Waals surface area contributed by atoms with Gasteiger partial charge >= 0.3 is 0 Å². The number of benzene rings is 1. The van der Waals surface area contributed by atoms with Crippen LogP contribution in [-0.2, 0) is 6.54 Å². The van der Waals surface area contributed by atoms with Crippen LogP contribution in [-0.4, -0.2) is 60.7 Å². The van der Waals surface area contributed by atoms with Crippen LogP contribution in [0.25, 0.3) is 22.4 Å². The van der Waals surface area contributed by atoms with E-state index in [0.717, 1.165) is 61.1 Å². The summed E-state index contributed by atoms with van der Waals surface area (Å²) >= 11 is 0. The zero-order valence-electron chi connectivity index (χ0n) is 16.1. The molecule has 8 heteroatoms. The van der Waals surface area contributed by atoms with Crippen molar-refractivity contribution in [2.45, 2.75) is 13.5 Å². The molecule has 0 amide bonds. The Bertz CT molecular complexity index is 1090. The Morgan fingerprint density at radius 1 is 1.18 bits per heavy atom. The summed E-state index contributed by atoms with van der Waals surface area (Å²) in [6.45, 7) is 6.56. The molecule has 0 atom stereocenters. The second kappa shape index (κ2) is 6.63. The van der Waals surface area contributed by atoms with E-state index in [1.54, 1.807) is 7.11 Å². The SMILES string of the molecule is [B]c1cc(-c2nc(N3CC4=C(CNC4)C3)nc3c2ncn3CC)ccc1OC. The zero-order chi connectivity index (χ0) is 19.3. The molecule has 5 rings (SSSR count). The summed E-state index contributed by atoms with van der Waals surface area (Å²) in [7, 11) is 7.76. The zero-order valence-corrected chi connectivity index (χ0v) is 16.1. The summed E-state index contributed by atoms with van der Waals surface area (Å²) in [4.78, 5) is 16.6. The number of nitrogens with one attached hydrogen (secondary N) is 1. The number of hydrogen-bond acceptors (Lipinski definition) is 6. The highest BCUT2D eigenvalue weighted by atomic mass is 16.5. The van der Waals surface area contributed by atoms with Gasteiger partial charge < -0.3 is 19.5 Å². The first-order valence-electron chi connectivity index (χ1n) is 9.50. The molecule has 0 aliphatic carbocycles. The van der Waals surface area contributed by atoms with Crippen molar-refractivity contribution >= 4 is 30.4 Å². The molecule has 0 fully saturated rings. The van der Waals surface area contributed by atoms with E-state index in [-0.39, 0.29) is 0 Å². The van der Waals surface area contributed by atoms with Crippen molar-refractivity contribution in [3.8, 4) is 17.0 Å². The molecule has 0 unspecified atom stereocenters. The fraction of sp³-hybridized carbons (Fsp3) is 0.350. The van der Waals surface area contributed by atoms with Gasteiger partial charge in [0.15, 0.2) is 5.65 Å². The number of aryl methyl sites for hydroxylation is 1. The lowest BCUT2D eigenvalue weighted by Crippen LogP contribution is -2.28. The second-order valence-electron chi connectivity index (χ2n) is 7.20. The number of fused-ring (bicyclic) bond motifs is 1. The third kappa shape index (κ3) is 2.67. The molecular formula is C20H21BN6O. The van der Waals surface area contributed by atoms with Gasteiger partial charge in [-0.05, 0) is 30.2 Å². The van der Waals surface area contributed by atoms with Crippen LogP contribution in [0.4, 0.5) is 5.95 Å². The molecule has 2 aromatic heterocycles. The van der Waals surface area contributed by atoms with E-state index in [9.17, 15) is 0 Å². The van der Waals surface area contributed by atoms with Crippen LogP contribution in [0.3, 0.4) is 0 Å². The van der Waals surface area contributed by atoms with E-state index in [0.29, 0.717) is 11.2 Å². The first-order valence-corrected chi connectivity index (χ1v) is 9.50. The van der Waals surface area contributed by atoms with Gasteiger partial charge in [-0.15, -0.1) is 0 Å². The maximum atomic E-state index is 6.15. The van der Waals surface area contributed by atoms with Gasteiger partial charge in [0.25, 0.3) is 0 Å². The van der Waals surface area contributed by atoms with Crippen molar-refractivity contribution in [3.05, 3.63) is 35.7 Å². The summed E-state index contributed by atoms with van der Waals surface area (Å²) in [5.74, 6) is 1.39. The van der Waals surface area contributed by atoms with Gasteiger partial charge in [0.05, 0.1) is 13.4 Å². The van der Waals surface area contributed by atoms with Gasteiger partial charge in [-0.1, -0.05) is 11.5 Å². The van der Waals surface area contributed by atoms with E-state index in [2.05, 4.69) is 26.7 Å². The summed E-state index contributed by atoms with van der Waals surface area (Å²) < 4.78 is 7.35. The number of hydrogen-bond donors (Lipinski definition) is 1. The first-order chi connectivity index (χ1) is 13.7. The van der Waals surface area contributed by atoms with Crippen molar-refractivity contribution in [3.63, 3.8) is 0 Å². The topological polar surface area (TPSA) is 68.1 Å². The van der Waals surface area contributed by atoms with Gasteiger partial charge in [-0.25, -0.2) is 9.97 Å². The predicted molar refractivity (Wildman–Crippen MR) is 110 cm³/mol. The van der Waals surface area contributed by atoms with Crippen molar-refractivity contribution in [2.24, 2.45) is 0 Å². The highest BCUT2D eigenvalue weighted by Crippen LogP contribution is 2.30. The molecule has 2 aliphatic heterocycles. The highest BCUT2D eigenvalue weighted by Gasteiger charge is 2.28. The predicted octanol–water partition coefficient (Wildman–Crippen LogP) is 1.04. The summed E-state index contributed by atoms with van der Waals surface area (Å²) in [6, 6.07) is 5.73. The molecule has 0 spiro atoms. The lowest BCUT2D eigenvalue weighted by molar-refractivity contribution is 0.418. The molecule has 28 heavy (non-hydrogen) atoms. The van der Waals surface area contributed by atoms with Crippen LogP contribution < -0.4 is 20.4 Å². The first kappa shape index (κ1) is 17.2. The molecule has 140 valence electrons. The van der Waals surface area contributed by atoms with Crippen molar-refractivity contribution in [1.82, 2.24) is 24.8 Å². The van der Waals surface area contributed by atoms with Crippen LogP contribution in [0.1, 0.15) is 6.92 Å². The van der Waals surface area contributed by atoms with Gasteiger partial charge in [-0.3, -0.25) is 0 Å². The van der Waals surface area contributed by atoms with Crippen molar-refractivity contribution in [2.75, 3.05) is 38.2 Å². The van der Waals surface area contributed by atoms with Gasteiger partial charge in [0.2, 0.25) is 5.95 Å². The smallest absolute Gasteiger partial charge is 0.228 e. The number of rotatable bonds is 4. The molecule has 1 aromatic carbocycles. The van der Waals surface area contributed by atoms with Crippen molar-refractivity contribution < 1.29 is 4.74 Å². The maximum Gasteiger partial charge on any atom is 0.228 e.